The van der Waals surface area contributed by atoms with Gasteiger partial charge >= 0.3 is 0 Å². The molecule has 1 heterocycles. The predicted molar refractivity (Wildman–Crippen MR) is 77.6 cm³/mol. The number of hydrogen-bond donors (Lipinski definition) is 0. The molecular formula is C13H21Cl2N3. The molecular weight excluding hydrogens is 269 g/mol. The van der Waals surface area contributed by atoms with Gasteiger partial charge in [-0.15, -0.1) is 0 Å². The maximum Gasteiger partial charge on any atom is 0.137 e. The van der Waals surface area contributed by atoms with Crippen LogP contribution in [-0.4, -0.2) is 34.5 Å². The topological polar surface area (TPSA) is 29.0 Å². The highest BCUT2D eigenvalue weighted by Gasteiger charge is 2.14. The third-order valence-corrected chi connectivity index (χ3v) is 3.60. The Bertz CT molecular complexity index is 367. The first-order chi connectivity index (χ1) is 8.49. The Kier molecular flexibility index (Phi) is 6.33. The Morgan fingerprint density at radius 1 is 1.06 bits per heavy atom. The van der Waals surface area contributed by atoms with Crippen molar-refractivity contribution in [2.75, 3.05) is 19.6 Å². The number of rotatable bonds is 6. The van der Waals surface area contributed by atoms with Crippen LogP contribution in [-0.2, 0) is 6.42 Å². The summed E-state index contributed by atoms with van der Waals surface area (Å²) < 4.78 is 0. The molecule has 1 aromatic rings. The summed E-state index contributed by atoms with van der Waals surface area (Å²) in [7, 11) is 0. The highest BCUT2D eigenvalue weighted by Crippen LogP contribution is 2.28. The van der Waals surface area contributed by atoms with E-state index < -0.39 is 0 Å². The van der Waals surface area contributed by atoms with Crippen LogP contribution in [0.25, 0.3) is 0 Å². The van der Waals surface area contributed by atoms with Gasteiger partial charge in [0.25, 0.3) is 0 Å². The lowest BCUT2D eigenvalue weighted by Crippen LogP contribution is -2.26. The molecule has 0 amide bonds. The fourth-order valence-corrected chi connectivity index (χ4v) is 2.70. The molecule has 1 aromatic heterocycles. The van der Waals surface area contributed by atoms with Crippen molar-refractivity contribution in [3.8, 4) is 0 Å². The van der Waals surface area contributed by atoms with E-state index >= 15 is 0 Å². The molecule has 0 fully saturated rings. The summed E-state index contributed by atoms with van der Waals surface area (Å²) in [5.41, 5.74) is 0.838. The highest BCUT2D eigenvalue weighted by molar-refractivity contribution is 6.34. The second kappa shape index (κ2) is 7.27. The summed E-state index contributed by atoms with van der Waals surface area (Å²) in [5.74, 6) is 0.961. The Balaban J connectivity index is 2.80. The molecule has 0 bridgehead atoms. The van der Waals surface area contributed by atoms with Crippen molar-refractivity contribution in [1.29, 1.82) is 0 Å². The Labute approximate surface area is 120 Å². The molecule has 0 aliphatic rings. The van der Waals surface area contributed by atoms with Crippen LogP contribution in [0, 0.1) is 0 Å². The van der Waals surface area contributed by atoms with Gasteiger partial charge in [0, 0.05) is 18.5 Å². The Hall–Kier alpha value is -0.380. The zero-order chi connectivity index (χ0) is 13.7. The van der Waals surface area contributed by atoms with Gasteiger partial charge in [-0.1, -0.05) is 50.9 Å². The fraction of sp³-hybridized carbons (Fsp3) is 0.692. The average molecular weight is 290 g/mol. The summed E-state index contributed by atoms with van der Waals surface area (Å²) in [5, 5.41) is 0.971. The average Bonchev–Trinajstić information content (AvgIpc) is 2.28. The van der Waals surface area contributed by atoms with E-state index in [1.807, 2.05) is 13.8 Å². The molecule has 0 unspecified atom stereocenters. The van der Waals surface area contributed by atoms with Crippen molar-refractivity contribution in [2.24, 2.45) is 0 Å². The van der Waals surface area contributed by atoms with Gasteiger partial charge in [0.05, 0.1) is 0 Å². The van der Waals surface area contributed by atoms with Crippen LogP contribution in [0.2, 0.25) is 10.3 Å². The number of nitrogens with zero attached hydrogens (tertiary/aromatic N) is 3. The molecule has 0 radical (unpaired) electrons. The lowest BCUT2D eigenvalue weighted by molar-refractivity contribution is 0.305. The third kappa shape index (κ3) is 4.08. The minimum atomic E-state index is 0.238. The summed E-state index contributed by atoms with van der Waals surface area (Å²) in [6.07, 6.45) is 0.777. The van der Waals surface area contributed by atoms with Crippen molar-refractivity contribution in [3.63, 3.8) is 0 Å². The lowest BCUT2D eigenvalue weighted by atomic mass is 10.1. The first-order valence-corrected chi connectivity index (χ1v) is 7.19. The normalized spacial score (nSPS) is 11.6. The molecule has 0 saturated heterocycles. The van der Waals surface area contributed by atoms with E-state index in [0.29, 0.717) is 10.3 Å². The third-order valence-electron chi connectivity index (χ3n) is 3.02. The van der Waals surface area contributed by atoms with Gasteiger partial charge < -0.3 is 4.90 Å². The SMILES string of the molecule is CCN(CC)CCc1nc(Cl)c(C(C)C)c(Cl)n1. The molecule has 1 rings (SSSR count). The number of hydrogen-bond acceptors (Lipinski definition) is 3. The summed E-state index contributed by atoms with van der Waals surface area (Å²) in [6, 6.07) is 0. The summed E-state index contributed by atoms with van der Waals surface area (Å²) in [6.45, 7) is 11.3. The molecule has 5 heteroatoms. The van der Waals surface area contributed by atoms with E-state index in [4.69, 9.17) is 23.2 Å². The monoisotopic (exact) mass is 289 g/mol. The highest BCUT2D eigenvalue weighted by atomic mass is 35.5. The number of aromatic nitrogens is 2. The van der Waals surface area contributed by atoms with E-state index in [1.54, 1.807) is 0 Å². The lowest BCUT2D eigenvalue weighted by Gasteiger charge is -2.17. The van der Waals surface area contributed by atoms with Crippen LogP contribution in [0.4, 0.5) is 0 Å². The molecule has 102 valence electrons. The van der Waals surface area contributed by atoms with Gasteiger partial charge in [-0.05, 0) is 19.0 Å². The molecule has 0 saturated carbocycles. The van der Waals surface area contributed by atoms with Crippen LogP contribution >= 0.6 is 23.2 Å². The maximum atomic E-state index is 6.16. The number of halogens is 2. The van der Waals surface area contributed by atoms with Crippen LogP contribution in [0.3, 0.4) is 0 Å². The smallest absolute Gasteiger partial charge is 0.137 e. The van der Waals surface area contributed by atoms with Gasteiger partial charge in [-0.25, -0.2) is 9.97 Å². The van der Waals surface area contributed by atoms with E-state index in [1.165, 1.54) is 0 Å². The van der Waals surface area contributed by atoms with Crippen molar-refractivity contribution in [1.82, 2.24) is 14.9 Å². The van der Waals surface area contributed by atoms with Gasteiger partial charge in [0.15, 0.2) is 0 Å². The van der Waals surface area contributed by atoms with Gasteiger partial charge in [-0.3, -0.25) is 0 Å². The molecule has 0 N–H and O–H groups in total. The first kappa shape index (κ1) is 15.7. The van der Waals surface area contributed by atoms with E-state index in [-0.39, 0.29) is 5.92 Å². The van der Waals surface area contributed by atoms with Gasteiger partial charge in [0.1, 0.15) is 16.1 Å². The number of likely N-dealkylation sites (N-methyl/N-ethyl adjacent to an activating group) is 1. The standard InChI is InChI=1S/C13H21Cl2N3/c1-5-18(6-2)8-7-10-16-12(14)11(9(3)4)13(15)17-10/h9H,5-8H2,1-4H3. The quantitative estimate of drug-likeness (QED) is 0.746. The molecule has 0 aliphatic heterocycles. The minimum Gasteiger partial charge on any atom is -0.303 e. The van der Waals surface area contributed by atoms with Crippen LogP contribution in [0.1, 0.15) is 45.0 Å². The first-order valence-electron chi connectivity index (χ1n) is 6.43. The second-order valence-corrected chi connectivity index (χ2v) is 5.28. The van der Waals surface area contributed by atoms with Gasteiger partial charge in [0.2, 0.25) is 0 Å². The molecule has 0 aromatic carbocycles. The zero-order valence-electron chi connectivity index (χ0n) is 11.5. The van der Waals surface area contributed by atoms with E-state index in [9.17, 15) is 0 Å². The van der Waals surface area contributed by atoms with Crippen molar-refractivity contribution in [3.05, 3.63) is 21.7 Å². The summed E-state index contributed by atoms with van der Waals surface area (Å²) in [4.78, 5) is 11.0. The van der Waals surface area contributed by atoms with E-state index in [0.717, 1.165) is 37.4 Å². The fourth-order valence-electron chi connectivity index (χ4n) is 1.84. The molecule has 0 atom stereocenters. The molecule has 0 spiro atoms. The molecule has 18 heavy (non-hydrogen) atoms. The minimum absolute atomic E-state index is 0.238. The summed E-state index contributed by atoms with van der Waals surface area (Å²) >= 11 is 12.3. The second-order valence-electron chi connectivity index (χ2n) is 4.57. The van der Waals surface area contributed by atoms with Gasteiger partial charge in [-0.2, -0.15) is 0 Å². The maximum absolute atomic E-state index is 6.16. The largest absolute Gasteiger partial charge is 0.303 e. The zero-order valence-corrected chi connectivity index (χ0v) is 13.0. The van der Waals surface area contributed by atoms with Crippen molar-refractivity contribution in [2.45, 2.75) is 40.0 Å². The van der Waals surface area contributed by atoms with Crippen LogP contribution in [0.5, 0.6) is 0 Å². The van der Waals surface area contributed by atoms with Crippen LogP contribution < -0.4 is 0 Å². The molecule has 0 aliphatic carbocycles. The van der Waals surface area contributed by atoms with Crippen LogP contribution in [0.15, 0.2) is 0 Å². The van der Waals surface area contributed by atoms with Crippen molar-refractivity contribution >= 4 is 23.2 Å². The Morgan fingerprint density at radius 2 is 1.56 bits per heavy atom. The van der Waals surface area contributed by atoms with Crippen molar-refractivity contribution < 1.29 is 0 Å². The predicted octanol–water partition coefficient (Wildman–Crippen LogP) is 3.79. The molecule has 3 nitrogen and oxygen atoms in total. The Morgan fingerprint density at radius 3 is 1.94 bits per heavy atom. The van der Waals surface area contributed by atoms with E-state index in [2.05, 4.69) is 28.7 Å².